The highest BCUT2D eigenvalue weighted by molar-refractivity contribution is 5.96. The van der Waals surface area contributed by atoms with Gasteiger partial charge in [0.2, 0.25) is 0 Å². The lowest BCUT2D eigenvalue weighted by molar-refractivity contribution is -0.146. The molecule has 0 unspecified atom stereocenters. The van der Waals surface area contributed by atoms with Crippen molar-refractivity contribution in [3.05, 3.63) is 12.2 Å². The monoisotopic (exact) mass is 204 g/mol. The van der Waals surface area contributed by atoms with Crippen LogP contribution in [0.3, 0.4) is 0 Å². The third-order valence-corrected chi connectivity index (χ3v) is 4.69. The Kier molecular flexibility index (Phi) is 1.74. The first kappa shape index (κ1) is 9.32. The molecule has 2 nitrogen and oxygen atoms in total. The Bertz CT molecular complexity index is 369. The van der Waals surface area contributed by atoms with Gasteiger partial charge in [-0.05, 0) is 31.6 Å². The first-order valence-corrected chi connectivity index (χ1v) is 5.87. The molecule has 0 radical (unpaired) electrons. The summed E-state index contributed by atoms with van der Waals surface area (Å²) in [6, 6.07) is 0. The van der Waals surface area contributed by atoms with Crippen LogP contribution in [0.5, 0.6) is 0 Å². The lowest BCUT2D eigenvalue weighted by Gasteiger charge is -2.41. The number of carbonyl (C=O) groups excluding carboxylic acids is 2. The third-order valence-electron chi connectivity index (χ3n) is 4.69. The Balaban J connectivity index is 2.08. The Labute approximate surface area is 89.7 Å². The number of hydrogen-bond donors (Lipinski definition) is 0. The summed E-state index contributed by atoms with van der Waals surface area (Å²) < 4.78 is 0. The number of carbonyl (C=O) groups is 2. The van der Waals surface area contributed by atoms with Gasteiger partial charge in [-0.1, -0.05) is 12.2 Å². The average molecular weight is 204 g/mol. The van der Waals surface area contributed by atoms with Crippen molar-refractivity contribution in [1.29, 1.82) is 0 Å². The minimum absolute atomic E-state index is 0.0363. The van der Waals surface area contributed by atoms with Gasteiger partial charge in [-0.2, -0.15) is 0 Å². The standard InChI is InChI=1S/C13H16O2/c1-8-6-13-7-9(8)5-11(14)10(13)3-2-4-12(13)15/h9-10H,1-7H2/t9-,10+,13+/m1/s1. The molecule has 0 aromatic heterocycles. The van der Waals surface area contributed by atoms with Crippen LogP contribution in [0.1, 0.15) is 38.5 Å². The van der Waals surface area contributed by atoms with E-state index in [1.165, 1.54) is 0 Å². The molecule has 0 amide bonds. The molecule has 1 spiro atoms. The van der Waals surface area contributed by atoms with E-state index in [0.717, 1.165) is 31.3 Å². The van der Waals surface area contributed by atoms with Crippen LogP contribution in [0.15, 0.2) is 12.2 Å². The smallest absolute Gasteiger partial charge is 0.140 e. The van der Waals surface area contributed by atoms with Crippen molar-refractivity contribution in [2.45, 2.75) is 38.5 Å². The molecule has 0 N–H and O–H groups in total. The molecule has 2 bridgehead atoms. The van der Waals surface area contributed by atoms with Crippen LogP contribution in [-0.4, -0.2) is 11.6 Å². The fourth-order valence-corrected chi connectivity index (χ4v) is 3.94. The first-order valence-electron chi connectivity index (χ1n) is 5.87. The van der Waals surface area contributed by atoms with E-state index in [-0.39, 0.29) is 11.3 Å². The number of fused-ring (bicyclic) bond motifs is 1. The lowest BCUT2D eigenvalue weighted by Crippen LogP contribution is -2.46. The van der Waals surface area contributed by atoms with Crippen molar-refractivity contribution in [3.63, 3.8) is 0 Å². The zero-order valence-corrected chi connectivity index (χ0v) is 8.92. The molecule has 0 saturated heterocycles. The molecule has 15 heavy (non-hydrogen) atoms. The number of Topliss-reactive ketones (excluding diaryl/α,β-unsaturated/α-hetero) is 2. The van der Waals surface area contributed by atoms with E-state index in [2.05, 4.69) is 6.58 Å². The van der Waals surface area contributed by atoms with Crippen molar-refractivity contribution < 1.29 is 9.59 Å². The summed E-state index contributed by atoms with van der Waals surface area (Å²) in [5.41, 5.74) is 0.858. The normalized spacial score (nSPS) is 44.4. The highest BCUT2D eigenvalue weighted by Gasteiger charge is 2.58. The molecule has 2 heteroatoms. The number of hydrogen-bond acceptors (Lipinski definition) is 2. The largest absolute Gasteiger partial charge is 0.299 e. The van der Waals surface area contributed by atoms with E-state index in [4.69, 9.17) is 0 Å². The molecule has 3 atom stereocenters. The molecular formula is C13H16O2. The molecule has 0 aromatic carbocycles. The van der Waals surface area contributed by atoms with Gasteiger partial charge >= 0.3 is 0 Å². The van der Waals surface area contributed by atoms with Gasteiger partial charge < -0.3 is 0 Å². The molecule has 0 aromatic rings. The van der Waals surface area contributed by atoms with Crippen molar-refractivity contribution in [2.24, 2.45) is 17.3 Å². The molecule has 3 aliphatic carbocycles. The van der Waals surface area contributed by atoms with Crippen molar-refractivity contribution in [1.82, 2.24) is 0 Å². The Morgan fingerprint density at radius 3 is 2.93 bits per heavy atom. The van der Waals surface area contributed by atoms with Gasteiger partial charge in [0.25, 0.3) is 0 Å². The zero-order chi connectivity index (χ0) is 10.6. The fourth-order valence-electron chi connectivity index (χ4n) is 3.94. The SMILES string of the molecule is C=C1C[C@]23C[C@H]1CC(=O)[C@@H]2CCCC3=O. The van der Waals surface area contributed by atoms with Gasteiger partial charge in [-0.3, -0.25) is 9.59 Å². The van der Waals surface area contributed by atoms with E-state index in [1.54, 1.807) is 0 Å². The maximum atomic E-state index is 12.1. The highest BCUT2D eigenvalue weighted by atomic mass is 16.1. The predicted molar refractivity (Wildman–Crippen MR) is 56.3 cm³/mol. The van der Waals surface area contributed by atoms with E-state index in [0.29, 0.717) is 30.3 Å². The van der Waals surface area contributed by atoms with E-state index in [1.807, 2.05) is 0 Å². The van der Waals surface area contributed by atoms with E-state index >= 15 is 0 Å². The summed E-state index contributed by atoms with van der Waals surface area (Å²) in [5, 5.41) is 0. The second-order valence-electron chi connectivity index (χ2n) is 5.43. The molecule has 0 aliphatic heterocycles. The minimum Gasteiger partial charge on any atom is -0.299 e. The molecule has 80 valence electrons. The van der Waals surface area contributed by atoms with E-state index < -0.39 is 0 Å². The maximum Gasteiger partial charge on any atom is 0.140 e. The lowest BCUT2D eigenvalue weighted by atomic mass is 9.59. The van der Waals surface area contributed by atoms with Crippen LogP contribution in [0.4, 0.5) is 0 Å². The van der Waals surface area contributed by atoms with Crippen molar-refractivity contribution in [2.75, 3.05) is 0 Å². The molecule has 3 aliphatic rings. The summed E-state index contributed by atoms with van der Waals surface area (Å²) in [6.07, 6.45) is 4.90. The van der Waals surface area contributed by atoms with Crippen LogP contribution >= 0.6 is 0 Å². The Hall–Kier alpha value is -0.920. The topological polar surface area (TPSA) is 34.1 Å². The average Bonchev–Trinajstić information content (AvgIpc) is 2.45. The summed E-state index contributed by atoms with van der Waals surface area (Å²) in [6.45, 7) is 4.05. The molecule has 3 saturated carbocycles. The highest BCUT2D eigenvalue weighted by Crippen LogP contribution is 2.59. The van der Waals surface area contributed by atoms with Gasteiger partial charge in [0.1, 0.15) is 11.6 Å². The van der Waals surface area contributed by atoms with Crippen LogP contribution < -0.4 is 0 Å². The second-order valence-corrected chi connectivity index (χ2v) is 5.43. The zero-order valence-electron chi connectivity index (χ0n) is 8.92. The van der Waals surface area contributed by atoms with Crippen LogP contribution in [0.25, 0.3) is 0 Å². The van der Waals surface area contributed by atoms with Crippen molar-refractivity contribution >= 4 is 11.6 Å². The van der Waals surface area contributed by atoms with Gasteiger partial charge in [-0.25, -0.2) is 0 Å². The second kappa shape index (κ2) is 2.81. The molecule has 3 rings (SSSR count). The summed E-state index contributed by atoms with van der Waals surface area (Å²) >= 11 is 0. The third kappa shape index (κ3) is 1.05. The molecular weight excluding hydrogens is 188 g/mol. The van der Waals surface area contributed by atoms with Crippen LogP contribution in [-0.2, 0) is 9.59 Å². The predicted octanol–water partition coefficient (Wildman–Crippen LogP) is 2.28. The summed E-state index contributed by atoms with van der Waals surface area (Å²) in [5.74, 6) is 1.03. The summed E-state index contributed by atoms with van der Waals surface area (Å²) in [4.78, 5) is 24.1. The van der Waals surface area contributed by atoms with Crippen LogP contribution in [0, 0.1) is 17.3 Å². The maximum absolute atomic E-state index is 12.1. The quantitative estimate of drug-likeness (QED) is 0.567. The van der Waals surface area contributed by atoms with Crippen molar-refractivity contribution in [3.8, 4) is 0 Å². The van der Waals surface area contributed by atoms with E-state index in [9.17, 15) is 9.59 Å². The Morgan fingerprint density at radius 1 is 1.33 bits per heavy atom. The number of ketones is 2. The van der Waals surface area contributed by atoms with Gasteiger partial charge in [0, 0.05) is 24.2 Å². The summed E-state index contributed by atoms with van der Waals surface area (Å²) in [7, 11) is 0. The molecule has 0 heterocycles. The first-order chi connectivity index (χ1) is 7.13. The minimum atomic E-state index is -0.296. The van der Waals surface area contributed by atoms with Gasteiger partial charge in [0.15, 0.2) is 0 Å². The van der Waals surface area contributed by atoms with Crippen LogP contribution in [0.2, 0.25) is 0 Å². The van der Waals surface area contributed by atoms with Gasteiger partial charge in [0.05, 0.1) is 0 Å². The fraction of sp³-hybridized carbons (Fsp3) is 0.692. The number of rotatable bonds is 0. The Morgan fingerprint density at radius 2 is 2.13 bits per heavy atom. The number of allylic oxidation sites excluding steroid dienone is 1. The van der Waals surface area contributed by atoms with Gasteiger partial charge in [-0.15, -0.1) is 0 Å². The molecule has 3 fully saturated rings.